The summed E-state index contributed by atoms with van der Waals surface area (Å²) in [4.78, 5) is 13.0. The van der Waals surface area contributed by atoms with Gasteiger partial charge in [-0.2, -0.15) is 5.10 Å². The van der Waals surface area contributed by atoms with E-state index < -0.39 is 22.5 Å². The number of aromatic hydroxyl groups is 1. The highest BCUT2D eigenvalue weighted by atomic mass is 32.2. The van der Waals surface area contributed by atoms with Crippen molar-refractivity contribution in [2.24, 2.45) is 5.10 Å². The van der Waals surface area contributed by atoms with Gasteiger partial charge in [0.25, 0.3) is 15.9 Å². The van der Waals surface area contributed by atoms with Crippen molar-refractivity contribution in [2.75, 3.05) is 10.8 Å². The number of benzene rings is 4. The topological polar surface area (TPSA) is 99.1 Å². The van der Waals surface area contributed by atoms with E-state index in [9.17, 15) is 18.3 Å². The Labute approximate surface area is 210 Å². The summed E-state index contributed by atoms with van der Waals surface area (Å²) in [5, 5.41) is 16.0. The number of amides is 1. The van der Waals surface area contributed by atoms with E-state index in [0.29, 0.717) is 11.3 Å². The number of phenols is 1. The maximum Gasteiger partial charge on any atom is 0.264 e. The molecule has 4 rings (SSSR count). The minimum atomic E-state index is -4.04. The Morgan fingerprint density at radius 2 is 1.67 bits per heavy atom. The molecule has 0 heterocycles. The molecule has 0 aliphatic carbocycles. The average Bonchev–Trinajstić information content (AvgIpc) is 2.86. The van der Waals surface area contributed by atoms with Crippen LogP contribution in [0.5, 0.6) is 5.75 Å². The summed E-state index contributed by atoms with van der Waals surface area (Å²) in [5.41, 5.74) is 5.86. The molecular weight excluding hydrogens is 474 g/mol. The van der Waals surface area contributed by atoms with E-state index >= 15 is 0 Å². The van der Waals surface area contributed by atoms with Crippen molar-refractivity contribution < 1.29 is 18.3 Å². The lowest BCUT2D eigenvalue weighted by molar-refractivity contribution is -0.119. The lowest BCUT2D eigenvalue weighted by atomic mass is 10.0. The zero-order chi connectivity index (χ0) is 25.9. The summed E-state index contributed by atoms with van der Waals surface area (Å²) >= 11 is 0. The Balaban J connectivity index is 1.63. The fraction of sp³-hybridized carbons (Fsp3) is 0.143. The number of nitrogens with zero attached hydrogens (tertiary/aromatic N) is 2. The number of rotatable bonds is 7. The van der Waals surface area contributed by atoms with Crippen molar-refractivity contribution >= 4 is 38.6 Å². The molecule has 8 heteroatoms. The monoisotopic (exact) mass is 501 g/mol. The molecule has 0 fully saturated rings. The molecule has 0 aromatic heterocycles. The SMILES string of the molecule is Cc1ccc(S(=O)(=O)N(CC(=O)N/N=C\c2c(O)ccc3ccccc23)c2cccc(C)c2C)cc1. The van der Waals surface area contributed by atoms with E-state index in [1.54, 1.807) is 36.4 Å². The van der Waals surface area contributed by atoms with Crippen molar-refractivity contribution in [3.8, 4) is 5.75 Å². The summed E-state index contributed by atoms with van der Waals surface area (Å²) in [5.74, 6) is -0.603. The molecule has 4 aromatic rings. The van der Waals surface area contributed by atoms with Gasteiger partial charge in [-0.25, -0.2) is 13.8 Å². The van der Waals surface area contributed by atoms with Crippen LogP contribution >= 0.6 is 0 Å². The van der Waals surface area contributed by atoms with E-state index in [0.717, 1.165) is 31.8 Å². The number of aryl methyl sites for hydroxylation is 2. The van der Waals surface area contributed by atoms with Crippen LogP contribution in [0.3, 0.4) is 0 Å². The van der Waals surface area contributed by atoms with Crippen molar-refractivity contribution in [1.29, 1.82) is 0 Å². The molecule has 0 aliphatic rings. The molecule has 0 radical (unpaired) electrons. The Morgan fingerprint density at radius 3 is 2.42 bits per heavy atom. The Hall–Kier alpha value is -4.17. The first-order chi connectivity index (χ1) is 17.2. The van der Waals surface area contributed by atoms with Gasteiger partial charge in [-0.1, -0.05) is 60.2 Å². The maximum atomic E-state index is 13.6. The van der Waals surface area contributed by atoms with Crippen LogP contribution < -0.4 is 9.73 Å². The fourth-order valence-corrected chi connectivity index (χ4v) is 5.38. The molecule has 7 nitrogen and oxygen atoms in total. The number of nitrogens with one attached hydrogen (secondary N) is 1. The van der Waals surface area contributed by atoms with Gasteiger partial charge < -0.3 is 5.11 Å². The molecule has 0 aliphatic heterocycles. The second-order valence-electron chi connectivity index (χ2n) is 8.56. The number of sulfonamides is 1. The smallest absolute Gasteiger partial charge is 0.264 e. The number of fused-ring (bicyclic) bond motifs is 1. The van der Waals surface area contributed by atoms with Crippen LogP contribution in [0.25, 0.3) is 10.8 Å². The molecule has 0 spiro atoms. The van der Waals surface area contributed by atoms with Crippen LogP contribution in [0, 0.1) is 20.8 Å². The van der Waals surface area contributed by atoms with Crippen LogP contribution in [-0.4, -0.2) is 32.2 Å². The summed E-state index contributed by atoms with van der Waals surface area (Å²) in [6.45, 7) is 5.11. The van der Waals surface area contributed by atoms with Crippen LogP contribution in [0.1, 0.15) is 22.3 Å². The molecule has 184 valence electrons. The third kappa shape index (κ3) is 5.08. The standard InChI is InChI=1S/C28H27N3O4S/c1-19-11-14-23(15-12-19)36(34,35)31(26-10-6-7-20(2)21(26)3)18-28(33)30-29-17-25-24-9-5-4-8-22(24)13-16-27(25)32/h4-17,32H,18H2,1-3H3,(H,30,33)/b29-17-. The summed E-state index contributed by atoms with van der Waals surface area (Å²) in [6.07, 6.45) is 1.35. The summed E-state index contributed by atoms with van der Waals surface area (Å²) in [6, 6.07) is 22.6. The molecule has 0 saturated heterocycles. The van der Waals surface area contributed by atoms with Gasteiger partial charge in [0.1, 0.15) is 12.3 Å². The zero-order valence-corrected chi connectivity index (χ0v) is 21.1. The molecule has 0 saturated carbocycles. The lowest BCUT2D eigenvalue weighted by Gasteiger charge is -2.26. The average molecular weight is 502 g/mol. The minimum Gasteiger partial charge on any atom is -0.507 e. The van der Waals surface area contributed by atoms with Crippen molar-refractivity contribution in [3.05, 3.63) is 101 Å². The van der Waals surface area contributed by atoms with Crippen molar-refractivity contribution in [1.82, 2.24) is 5.43 Å². The van der Waals surface area contributed by atoms with Crippen LogP contribution in [0.4, 0.5) is 5.69 Å². The first kappa shape index (κ1) is 24.9. The Kier molecular flexibility index (Phi) is 7.07. The third-order valence-electron chi connectivity index (χ3n) is 6.07. The minimum absolute atomic E-state index is 0.0191. The summed E-state index contributed by atoms with van der Waals surface area (Å²) in [7, 11) is -4.04. The van der Waals surface area contributed by atoms with Gasteiger partial charge in [-0.05, 0) is 66.9 Å². The van der Waals surface area contributed by atoms with Gasteiger partial charge >= 0.3 is 0 Å². The zero-order valence-electron chi connectivity index (χ0n) is 20.3. The van der Waals surface area contributed by atoms with E-state index in [2.05, 4.69) is 10.5 Å². The van der Waals surface area contributed by atoms with Gasteiger partial charge in [0.2, 0.25) is 0 Å². The highest BCUT2D eigenvalue weighted by Gasteiger charge is 2.28. The van der Waals surface area contributed by atoms with E-state index in [4.69, 9.17) is 0 Å². The lowest BCUT2D eigenvalue weighted by Crippen LogP contribution is -2.40. The van der Waals surface area contributed by atoms with Gasteiger partial charge in [0.15, 0.2) is 0 Å². The number of hydrogen-bond donors (Lipinski definition) is 2. The van der Waals surface area contributed by atoms with E-state index in [1.807, 2.05) is 51.1 Å². The van der Waals surface area contributed by atoms with Crippen molar-refractivity contribution in [2.45, 2.75) is 25.7 Å². The number of carbonyl (C=O) groups is 1. The Morgan fingerprint density at radius 1 is 0.944 bits per heavy atom. The molecule has 0 bridgehead atoms. The largest absolute Gasteiger partial charge is 0.507 e. The highest BCUT2D eigenvalue weighted by molar-refractivity contribution is 7.92. The van der Waals surface area contributed by atoms with Gasteiger partial charge in [0, 0.05) is 5.56 Å². The maximum absolute atomic E-state index is 13.6. The van der Waals surface area contributed by atoms with Crippen LogP contribution in [0.15, 0.2) is 88.9 Å². The predicted molar refractivity (Wildman–Crippen MR) is 143 cm³/mol. The number of hydrogen-bond acceptors (Lipinski definition) is 5. The molecule has 4 aromatic carbocycles. The first-order valence-electron chi connectivity index (χ1n) is 11.4. The second-order valence-corrected chi connectivity index (χ2v) is 10.4. The first-order valence-corrected chi connectivity index (χ1v) is 12.8. The molecule has 1 amide bonds. The van der Waals surface area contributed by atoms with Crippen LogP contribution in [0.2, 0.25) is 0 Å². The quantitative estimate of drug-likeness (QED) is 0.280. The molecule has 36 heavy (non-hydrogen) atoms. The highest BCUT2D eigenvalue weighted by Crippen LogP contribution is 2.29. The van der Waals surface area contributed by atoms with Gasteiger partial charge in [0.05, 0.1) is 16.8 Å². The van der Waals surface area contributed by atoms with Gasteiger partial charge in [-0.3, -0.25) is 9.10 Å². The number of anilines is 1. The second kappa shape index (κ2) is 10.2. The fourth-order valence-electron chi connectivity index (χ4n) is 3.90. The molecular formula is C28H27N3O4S. The molecule has 0 unspecified atom stereocenters. The van der Waals surface area contributed by atoms with E-state index in [-0.39, 0.29) is 10.6 Å². The molecule has 2 N–H and O–H groups in total. The third-order valence-corrected chi connectivity index (χ3v) is 7.85. The number of carbonyl (C=O) groups excluding carboxylic acids is 1. The predicted octanol–water partition coefficient (Wildman–Crippen LogP) is 4.82. The van der Waals surface area contributed by atoms with Crippen LogP contribution in [-0.2, 0) is 14.8 Å². The van der Waals surface area contributed by atoms with Gasteiger partial charge in [-0.15, -0.1) is 0 Å². The number of hydrazone groups is 1. The normalized spacial score (nSPS) is 11.6. The Bertz CT molecular complexity index is 1560. The summed E-state index contributed by atoms with van der Waals surface area (Å²) < 4.78 is 28.3. The van der Waals surface area contributed by atoms with Crippen molar-refractivity contribution in [3.63, 3.8) is 0 Å². The molecule has 0 atom stereocenters. The number of phenolic OH excluding ortho intramolecular Hbond substituents is 1. The van der Waals surface area contributed by atoms with E-state index in [1.165, 1.54) is 18.3 Å².